The number of fused-ring (bicyclic) bond motifs is 3. The average Bonchev–Trinajstić information content (AvgIpc) is 3.11. The van der Waals surface area contributed by atoms with Crippen LogP contribution in [0.3, 0.4) is 0 Å². The normalized spacial score (nSPS) is 23.4. The second-order valence-corrected chi connectivity index (χ2v) is 8.81. The van der Waals surface area contributed by atoms with Gasteiger partial charge in [-0.1, -0.05) is 48.5 Å². The number of aromatic nitrogens is 1. The first-order chi connectivity index (χ1) is 14.0. The summed E-state index contributed by atoms with van der Waals surface area (Å²) < 4.78 is 2.19. The van der Waals surface area contributed by atoms with Gasteiger partial charge in [0.1, 0.15) is 0 Å². The van der Waals surface area contributed by atoms with Crippen molar-refractivity contribution in [2.24, 2.45) is 7.05 Å². The highest BCUT2D eigenvalue weighted by Crippen LogP contribution is 2.37. The predicted octanol–water partition coefficient (Wildman–Crippen LogP) is 4.93. The summed E-state index contributed by atoms with van der Waals surface area (Å²) in [5, 5.41) is 4.45. The van der Waals surface area contributed by atoms with Gasteiger partial charge in [-0.3, -0.25) is 4.79 Å². The Kier molecular flexibility index (Phi) is 5.65. The summed E-state index contributed by atoms with van der Waals surface area (Å²) in [5.41, 5.74) is 5.23. The lowest BCUT2D eigenvalue weighted by Gasteiger charge is -2.36. The minimum absolute atomic E-state index is 0. The number of para-hydroxylation sites is 1. The molecule has 3 atom stereocenters. The molecule has 3 heterocycles. The van der Waals surface area contributed by atoms with Crippen LogP contribution in [-0.2, 0) is 7.05 Å². The van der Waals surface area contributed by atoms with Gasteiger partial charge in [-0.05, 0) is 50.8 Å². The number of hydrogen-bond acceptors (Lipinski definition) is 2. The quantitative estimate of drug-likeness (QED) is 0.648. The van der Waals surface area contributed by atoms with Crippen LogP contribution in [0.1, 0.15) is 41.6 Å². The van der Waals surface area contributed by atoms with E-state index in [9.17, 15) is 4.79 Å². The molecule has 5 heteroatoms. The number of nitrogens with one attached hydrogen (secondary N) is 1. The first-order valence-corrected chi connectivity index (χ1v) is 10.7. The highest BCUT2D eigenvalue weighted by Gasteiger charge is 2.39. The predicted molar refractivity (Wildman–Crippen MR) is 125 cm³/mol. The van der Waals surface area contributed by atoms with E-state index in [0.717, 1.165) is 40.6 Å². The van der Waals surface area contributed by atoms with Gasteiger partial charge >= 0.3 is 0 Å². The molecule has 2 fully saturated rings. The van der Waals surface area contributed by atoms with Gasteiger partial charge in [-0.15, -0.1) is 12.4 Å². The van der Waals surface area contributed by atoms with Crippen LogP contribution in [0.15, 0.2) is 48.5 Å². The molecule has 2 aromatic carbocycles. The van der Waals surface area contributed by atoms with Crippen molar-refractivity contribution >= 4 is 29.2 Å². The summed E-state index contributed by atoms with van der Waals surface area (Å²) in [5.74, 6) is 0.0639. The molecular weight excluding hydrogens is 394 g/mol. The maximum absolute atomic E-state index is 13.6. The number of carbonyl (C=O) groups excluding carboxylic acids is 1. The van der Waals surface area contributed by atoms with Crippen molar-refractivity contribution in [1.29, 1.82) is 0 Å². The number of carbonyl (C=O) groups is 1. The summed E-state index contributed by atoms with van der Waals surface area (Å²) in [6.45, 7) is 2.12. The minimum Gasteiger partial charge on any atom is -0.349 e. The fourth-order valence-electron chi connectivity index (χ4n) is 5.66. The number of rotatable bonds is 3. The Morgan fingerprint density at radius 2 is 1.63 bits per heavy atom. The van der Waals surface area contributed by atoms with E-state index in [-0.39, 0.29) is 24.4 Å². The van der Waals surface area contributed by atoms with Crippen LogP contribution < -0.4 is 5.32 Å². The zero-order valence-corrected chi connectivity index (χ0v) is 18.7. The molecule has 1 amide bonds. The third-order valence-electron chi connectivity index (χ3n) is 7.12. The first kappa shape index (κ1) is 21.0. The fraction of sp³-hybridized carbons (Fsp3) is 0.400. The number of amides is 1. The molecule has 2 saturated heterocycles. The molecule has 4 nitrogen and oxygen atoms in total. The van der Waals surface area contributed by atoms with E-state index in [2.05, 4.69) is 66.1 Å². The monoisotopic (exact) mass is 423 g/mol. The number of piperidine rings is 1. The van der Waals surface area contributed by atoms with E-state index in [1.165, 1.54) is 18.4 Å². The smallest absolute Gasteiger partial charge is 0.254 e. The zero-order valence-electron chi connectivity index (χ0n) is 17.9. The van der Waals surface area contributed by atoms with E-state index < -0.39 is 0 Å². The molecule has 2 aliphatic heterocycles. The van der Waals surface area contributed by atoms with Gasteiger partial charge in [-0.25, -0.2) is 0 Å². The van der Waals surface area contributed by atoms with Crippen molar-refractivity contribution < 1.29 is 4.79 Å². The highest BCUT2D eigenvalue weighted by atomic mass is 35.5. The van der Waals surface area contributed by atoms with E-state index in [0.29, 0.717) is 12.1 Å². The first-order valence-electron chi connectivity index (χ1n) is 10.7. The number of nitrogens with zero attached hydrogens (tertiary/aromatic N) is 2. The number of hydrogen-bond donors (Lipinski definition) is 1. The van der Waals surface area contributed by atoms with Gasteiger partial charge in [0, 0.05) is 30.6 Å². The lowest BCUT2D eigenvalue weighted by molar-refractivity contribution is 0.0884. The van der Waals surface area contributed by atoms with Crippen LogP contribution in [0.4, 0.5) is 0 Å². The van der Waals surface area contributed by atoms with Crippen molar-refractivity contribution in [1.82, 2.24) is 14.8 Å². The van der Waals surface area contributed by atoms with Crippen LogP contribution in [-0.4, -0.2) is 40.5 Å². The summed E-state index contributed by atoms with van der Waals surface area (Å²) in [4.78, 5) is 16.1. The number of aryl methyl sites for hydroxylation is 2. The van der Waals surface area contributed by atoms with E-state index >= 15 is 0 Å². The summed E-state index contributed by atoms with van der Waals surface area (Å²) in [6.07, 6.45) is 4.64. The molecule has 0 aliphatic carbocycles. The van der Waals surface area contributed by atoms with Crippen LogP contribution >= 0.6 is 12.4 Å². The summed E-state index contributed by atoms with van der Waals surface area (Å²) >= 11 is 0. The van der Waals surface area contributed by atoms with Crippen LogP contribution in [0.25, 0.3) is 22.2 Å². The maximum atomic E-state index is 13.6. The zero-order chi connectivity index (χ0) is 20.1. The van der Waals surface area contributed by atoms with Gasteiger partial charge in [-0.2, -0.15) is 0 Å². The summed E-state index contributed by atoms with van der Waals surface area (Å²) in [7, 11) is 4.31. The van der Waals surface area contributed by atoms with E-state index in [1.54, 1.807) is 0 Å². The highest BCUT2D eigenvalue weighted by molar-refractivity contribution is 6.13. The molecule has 1 unspecified atom stereocenters. The van der Waals surface area contributed by atoms with Gasteiger partial charge in [0.15, 0.2) is 0 Å². The SMILES string of the molecule is Cc1cccc2c(C(=O)NC3C[C@H]4CC[C@@H](C3)N4C)c(-c3ccccc3)n(C)c12.Cl. The Morgan fingerprint density at radius 1 is 0.967 bits per heavy atom. The molecule has 158 valence electrons. The van der Waals surface area contributed by atoms with E-state index in [4.69, 9.17) is 0 Å². The molecule has 5 rings (SSSR count). The molecule has 1 aromatic heterocycles. The molecule has 3 aromatic rings. The molecule has 0 spiro atoms. The molecule has 1 N–H and O–H groups in total. The van der Waals surface area contributed by atoms with Crippen molar-refractivity contribution in [2.75, 3.05) is 7.05 Å². The van der Waals surface area contributed by atoms with Crippen molar-refractivity contribution in [3.8, 4) is 11.3 Å². The third-order valence-corrected chi connectivity index (χ3v) is 7.12. The average molecular weight is 424 g/mol. The largest absolute Gasteiger partial charge is 0.349 e. The van der Waals surface area contributed by atoms with Crippen LogP contribution in [0.2, 0.25) is 0 Å². The maximum Gasteiger partial charge on any atom is 0.254 e. The lowest BCUT2D eigenvalue weighted by Crippen LogP contribution is -2.48. The molecular formula is C25H30ClN3O. The van der Waals surface area contributed by atoms with Gasteiger partial charge in [0.25, 0.3) is 5.91 Å². The number of benzene rings is 2. The fourth-order valence-corrected chi connectivity index (χ4v) is 5.66. The van der Waals surface area contributed by atoms with Crippen molar-refractivity contribution in [2.45, 2.75) is 50.7 Å². The Labute approximate surface area is 184 Å². The van der Waals surface area contributed by atoms with Crippen LogP contribution in [0.5, 0.6) is 0 Å². The van der Waals surface area contributed by atoms with E-state index in [1.807, 2.05) is 18.2 Å². The topological polar surface area (TPSA) is 37.3 Å². The van der Waals surface area contributed by atoms with Gasteiger partial charge in [0.05, 0.1) is 16.8 Å². The molecule has 2 bridgehead atoms. The Bertz CT molecular complexity index is 1060. The van der Waals surface area contributed by atoms with Crippen molar-refractivity contribution in [3.05, 3.63) is 59.7 Å². The van der Waals surface area contributed by atoms with Gasteiger partial charge < -0.3 is 14.8 Å². The number of halogens is 1. The molecule has 0 saturated carbocycles. The second kappa shape index (κ2) is 8.09. The van der Waals surface area contributed by atoms with Crippen LogP contribution in [0, 0.1) is 6.92 Å². The third kappa shape index (κ3) is 3.32. The molecule has 0 radical (unpaired) electrons. The Hall–Kier alpha value is -2.30. The minimum atomic E-state index is 0. The standard InChI is InChI=1S/C25H29N3O.ClH/c1-16-8-7-11-21-22(24(28(3)23(16)21)17-9-5-4-6-10-17)25(29)26-18-14-19-12-13-20(15-18)27(19)2;/h4-11,18-20H,12-15H2,1-3H3,(H,26,29);1H/t18?,19-,20+;. The molecule has 2 aliphatic rings. The van der Waals surface area contributed by atoms with Gasteiger partial charge in [0.2, 0.25) is 0 Å². The lowest BCUT2D eigenvalue weighted by atomic mass is 9.97. The summed E-state index contributed by atoms with van der Waals surface area (Å²) in [6, 6.07) is 18.0. The second-order valence-electron chi connectivity index (χ2n) is 8.81. The Morgan fingerprint density at radius 3 is 2.30 bits per heavy atom. The Balaban J connectivity index is 0.00000218. The van der Waals surface area contributed by atoms with Crippen molar-refractivity contribution in [3.63, 3.8) is 0 Å². The molecule has 30 heavy (non-hydrogen) atoms.